The van der Waals surface area contributed by atoms with Gasteiger partial charge in [0.2, 0.25) is 0 Å². The number of nitrogens with two attached hydrogens (primary N) is 1. The second kappa shape index (κ2) is 6.63. The van der Waals surface area contributed by atoms with Crippen LogP contribution in [0.25, 0.3) is 0 Å². The molecule has 0 spiro atoms. The lowest BCUT2D eigenvalue weighted by molar-refractivity contribution is 0.436. The van der Waals surface area contributed by atoms with Gasteiger partial charge < -0.3 is 0 Å². The van der Waals surface area contributed by atoms with Gasteiger partial charge in [-0.25, -0.2) is 0 Å². The van der Waals surface area contributed by atoms with Crippen LogP contribution in [0.3, 0.4) is 0 Å². The Morgan fingerprint density at radius 1 is 1.40 bits per heavy atom. The van der Waals surface area contributed by atoms with Crippen molar-refractivity contribution in [3.63, 3.8) is 0 Å². The molecule has 0 radical (unpaired) electrons. The van der Waals surface area contributed by atoms with Crippen molar-refractivity contribution in [1.82, 2.24) is 5.43 Å². The number of nitrogens with one attached hydrogen (secondary N) is 1. The molecule has 86 valence electrons. The highest BCUT2D eigenvalue weighted by molar-refractivity contribution is 9.11. The first kappa shape index (κ1) is 13.2. The zero-order valence-electron chi connectivity index (χ0n) is 9.29. The summed E-state index contributed by atoms with van der Waals surface area (Å²) in [6, 6.07) is 4.66. The topological polar surface area (TPSA) is 38.0 Å². The summed E-state index contributed by atoms with van der Waals surface area (Å²) in [6.07, 6.45) is 3.39. The predicted molar refractivity (Wildman–Crippen MR) is 70.9 cm³/mol. The second-order valence-corrected chi connectivity index (χ2v) is 6.79. The Balaban J connectivity index is 2.39. The van der Waals surface area contributed by atoms with E-state index in [4.69, 9.17) is 5.84 Å². The average molecular weight is 291 g/mol. The number of rotatable bonds is 6. The summed E-state index contributed by atoms with van der Waals surface area (Å²) in [5.41, 5.74) is 2.91. The average Bonchev–Trinajstić information content (AvgIpc) is 2.58. The van der Waals surface area contributed by atoms with Gasteiger partial charge in [0.1, 0.15) is 0 Å². The fourth-order valence-corrected chi connectivity index (χ4v) is 3.05. The summed E-state index contributed by atoms with van der Waals surface area (Å²) in [5, 5.41) is 0. The highest BCUT2D eigenvalue weighted by atomic mass is 79.9. The molecule has 15 heavy (non-hydrogen) atoms. The highest BCUT2D eigenvalue weighted by Crippen LogP contribution is 2.24. The minimum atomic E-state index is 0.401. The monoisotopic (exact) mass is 290 g/mol. The van der Waals surface area contributed by atoms with Gasteiger partial charge in [-0.3, -0.25) is 11.3 Å². The predicted octanol–water partition coefficient (Wildman–Crippen LogP) is 3.32. The lowest BCUT2D eigenvalue weighted by Gasteiger charge is -2.15. The minimum absolute atomic E-state index is 0.401. The molecule has 0 fully saturated rings. The van der Waals surface area contributed by atoms with Crippen molar-refractivity contribution in [2.45, 2.75) is 39.2 Å². The highest BCUT2D eigenvalue weighted by Gasteiger charge is 2.09. The van der Waals surface area contributed by atoms with Crippen LogP contribution in [-0.4, -0.2) is 6.04 Å². The van der Waals surface area contributed by atoms with Gasteiger partial charge in [0.15, 0.2) is 0 Å². The molecule has 1 aromatic heterocycles. The van der Waals surface area contributed by atoms with Gasteiger partial charge in [0.25, 0.3) is 0 Å². The van der Waals surface area contributed by atoms with E-state index in [1.54, 1.807) is 11.3 Å². The Kier molecular flexibility index (Phi) is 5.82. The van der Waals surface area contributed by atoms with Crippen LogP contribution in [0.4, 0.5) is 0 Å². The lowest BCUT2D eigenvalue weighted by Crippen LogP contribution is -2.36. The van der Waals surface area contributed by atoms with Crippen LogP contribution in [0.1, 0.15) is 31.6 Å². The number of thiophene rings is 1. The van der Waals surface area contributed by atoms with E-state index < -0.39 is 0 Å². The molecule has 1 atom stereocenters. The molecule has 0 amide bonds. The molecule has 3 N–H and O–H groups in total. The molecule has 1 rings (SSSR count). The zero-order valence-corrected chi connectivity index (χ0v) is 11.7. The first-order valence-electron chi connectivity index (χ1n) is 5.32. The lowest BCUT2D eigenvalue weighted by atomic mass is 10.0. The fraction of sp³-hybridized carbons (Fsp3) is 0.636. The Morgan fingerprint density at radius 2 is 2.13 bits per heavy atom. The van der Waals surface area contributed by atoms with Crippen LogP contribution < -0.4 is 11.3 Å². The van der Waals surface area contributed by atoms with Crippen molar-refractivity contribution in [3.8, 4) is 0 Å². The maximum absolute atomic E-state index is 5.56. The molecule has 0 bridgehead atoms. The van der Waals surface area contributed by atoms with Gasteiger partial charge in [-0.1, -0.05) is 13.8 Å². The largest absolute Gasteiger partial charge is 0.271 e. The van der Waals surface area contributed by atoms with E-state index in [1.807, 2.05) is 0 Å². The molecule has 0 aliphatic carbocycles. The summed E-state index contributed by atoms with van der Waals surface area (Å²) in [5.74, 6) is 6.30. The Hall–Kier alpha value is 0.1000. The molecule has 1 heterocycles. The third-order valence-electron chi connectivity index (χ3n) is 2.40. The van der Waals surface area contributed by atoms with E-state index >= 15 is 0 Å². The molecular weight excluding hydrogens is 272 g/mol. The standard InChI is InChI=1S/C11H19BrN2S/c1-8(2)3-4-9(14-13)7-10-5-6-11(12)15-10/h5-6,8-9,14H,3-4,7,13H2,1-2H3. The van der Waals surface area contributed by atoms with E-state index in [1.165, 1.54) is 15.1 Å². The first-order valence-corrected chi connectivity index (χ1v) is 6.93. The molecular formula is C11H19BrN2S. The van der Waals surface area contributed by atoms with E-state index in [-0.39, 0.29) is 0 Å². The second-order valence-electron chi connectivity index (χ2n) is 4.24. The third-order valence-corrected chi connectivity index (χ3v) is 4.05. The molecule has 0 aliphatic heterocycles. The molecule has 0 aromatic carbocycles. The van der Waals surface area contributed by atoms with Gasteiger partial charge in [-0.2, -0.15) is 0 Å². The Bertz CT molecular complexity index is 286. The number of hydrogen-bond donors (Lipinski definition) is 2. The number of hydrazine groups is 1. The maximum atomic E-state index is 5.56. The van der Waals surface area contributed by atoms with Crippen molar-refractivity contribution in [2.75, 3.05) is 0 Å². The summed E-state index contributed by atoms with van der Waals surface area (Å²) < 4.78 is 1.19. The minimum Gasteiger partial charge on any atom is -0.271 e. The Morgan fingerprint density at radius 3 is 2.60 bits per heavy atom. The molecule has 4 heteroatoms. The normalized spacial score (nSPS) is 13.4. The summed E-state index contributed by atoms with van der Waals surface area (Å²) in [4.78, 5) is 1.38. The SMILES string of the molecule is CC(C)CCC(Cc1ccc(Br)s1)NN. The van der Waals surface area contributed by atoms with Crippen molar-refractivity contribution < 1.29 is 0 Å². The van der Waals surface area contributed by atoms with Gasteiger partial charge in [-0.15, -0.1) is 11.3 Å². The number of hydrogen-bond acceptors (Lipinski definition) is 3. The maximum Gasteiger partial charge on any atom is 0.0701 e. The van der Waals surface area contributed by atoms with Crippen LogP contribution >= 0.6 is 27.3 Å². The Labute approximate surface area is 104 Å². The van der Waals surface area contributed by atoms with Crippen LogP contribution in [0.5, 0.6) is 0 Å². The van der Waals surface area contributed by atoms with Gasteiger partial charge in [0, 0.05) is 10.9 Å². The zero-order chi connectivity index (χ0) is 11.3. The van der Waals surface area contributed by atoms with Crippen LogP contribution in [0, 0.1) is 5.92 Å². The van der Waals surface area contributed by atoms with Crippen LogP contribution in [0.2, 0.25) is 0 Å². The first-order chi connectivity index (χ1) is 7.11. The fourth-order valence-electron chi connectivity index (χ4n) is 1.48. The van der Waals surface area contributed by atoms with Crippen LogP contribution in [0.15, 0.2) is 15.9 Å². The van der Waals surface area contributed by atoms with Crippen LogP contribution in [-0.2, 0) is 6.42 Å². The van der Waals surface area contributed by atoms with E-state index in [0.717, 1.165) is 18.8 Å². The van der Waals surface area contributed by atoms with Crippen molar-refractivity contribution in [1.29, 1.82) is 0 Å². The van der Waals surface area contributed by atoms with E-state index in [9.17, 15) is 0 Å². The molecule has 1 aromatic rings. The van der Waals surface area contributed by atoms with Gasteiger partial charge >= 0.3 is 0 Å². The number of halogens is 1. The quantitative estimate of drug-likeness (QED) is 0.623. The molecule has 0 saturated heterocycles. The van der Waals surface area contributed by atoms with Crippen molar-refractivity contribution in [3.05, 3.63) is 20.8 Å². The third kappa shape index (κ3) is 5.11. The summed E-state index contributed by atoms with van der Waals surface area (Å²) >= 11 is 5.26. The van der Waals surface area contributed by atoms with Crippen molar-refractivity contribution >= 4 is 27.3 Å². The van der Waals surface area contributed by atoms with E-state index in [0.29, 0.717) is 6.04 Å². The van der Waals surface area contributed by atoms with Gasteiger partial charge in [0.05, 0.1) is 3.79 Å². The van der Waals surface area contributed by atoms with E-state index in [2.05, 4.69) is 47.3 Å². The summed E-state index contributed by atoms with van der Waals surface area (Å²) in [6.45, 7) is 4.49. The smallest absolute Gasteiger partial charge is 0.0701 e. The van der Waals surface area contributed by atoms with Crippen molar-refractivity contribution in [2.24, 2.45) is 11.8 Å². The summed E-state index contributed by atoms with van der Waals surface area (Å²) in [7, 11) is 0. The molecule has 0 saturated carbocycles. The molecule has 0 aliphatic rings. The van der Waals surface area contributed by atoms with Gasteiger partial charge in [-0.05, 0) is 53.2 Å². The molecule has 1 unspecified atom stereocenters. The molecule has 2 nitrogen and oxygen atoms in total.